The molecule has 1 aliphatic rings. The summed E-state index contributed by atoms with van der Waals surface area (Å²) in [4.78, 5) is 4.26. The average molecular weight is 364 g/mol. The maximum absolute atomic E-state index is 12.4. The second-order valence-corrected chi connectivity index (χ2v) is 5.68. The summed E-state index contributed by atoms with van der Waals surface area (Å²) in [7, 11) is 0. The van der Waals surface area contributed by atoms with E-state index in [-0.39, 0.29) is 18.2 Å². The Labute approximate surface area is 142 Å². The van der Waals surface area contributed by atoms with E-state index in [0.717, 1.165) is 19.3 Å². The van der Waals surface area contributed by atoms with Gasteiger partial charge in [-0.3, -0.25) is 0 Å². The van der Waals surface area contributed by atoms with Gasteiger partial charge >= 0.3 is 6.36 Å². The molecule has 2 N–H and O–H groups in total. The van der Waals surface area contributed by atoms with Crippen LogP contribution in [0.5, 0.6) is 5.75 Å². The molecule has 0 atom stereocenters. The van der Waals surface area contributed by atoms with Crippen molar-refractivity contribution in [1.82, 2.24) is 10.1 Å². The highest BCUT2D eigenvalue weighted by Gasteiger charge is 2.39. The molecule has 1 aromatic carbocycles. The Morgan fingerprint density at radius 2 is 1.92 bits per heavy atom. The monoisotopic (exact) mass is 363 g/mol. The number of rotatable bonds is 5. The highest BCUT2D eigenvalue weighted by atomic mass is 35.5. The van der Waals surface area contributed by atoms with Gasteiger partial charge in [-0.05, 0) is 37.3 Å². The fourth-order valence-electron chi connectivity index (χ4n) is 2.52. The lowest BCUT2D eigenvalue weighted by Gasteiger charge is -2.34. The Morgan fingerprint density at radius 1 is 1.21 bits per heavy atom. The second kappa shape index (κ2) is 6.98. The molecule has 5 nitrogen and oxygen atoms in total. The summed E-state index contributed by atoms with van der Waals surface area (Å²) in [6.07, 6.45) is -1.44. The summed E-state index contributed by atoms with van der Waals surface area (Å²) >= 11 is 0. The predicted octanol–water partition coefficient (Wildman–Crippen LogP) is 3.51. The first-order valence-corrected chi connectivity index (χ1v) is 7.31. The SMILES string of the molecule is Cl.NC1(c2noc(CCc3ccccc3OC(F)(F)F)n2)CCC1. The van der Waals surface area contributed by atoms with Crippen molar-refractivity contribution in [2.45, 2.75) is 44.0 Å². The number of para-hydroxylation sites is 1. The third-order valence-electron chi connectivity index (χ3n) is 3.97. The highest BCUT2D eigenvalue weighted by Crippen LogP contribution is 2.37. The first kappa shape index (κ1) is 18.5. The standard InChI is InChI=1S/C15H16F3N3O2.ClH/c16-15(17,18)22-11-5-2-1-4-10(11)6-7-12-20-13(21-23-12)14(19)8-3-9-14;/h1-2,4-5H,3,6-9,19H2;1H. The van der Waals surface area contributed by atoms with Crippen LogP contribution in [0.4, 0.5) is 13.2 Å². The molecule has 1 aliphatic carbocycles. The number of hydrogen-bond donors (Lipinski definition) is 1. The highest BCUT2D eigenvalue weighted by molar-refractivity contribution is 5.85. The topological polar surface area (TPSA) is 74.2 Å². The van der Waals surface area contributed by atoms with Crippen molar-refractivity contribution in [2.75, 3.05) is 0 Å². The third-order valence-corrected chi connectivity index (χ3v) is 3.97. The molecule has 0 amide bonds. The molecule has 0 bridgehead atoms. The molecule has 9 heteroatoms. The molecule has 0 spiro atoms. The van der Waals surface area contributed by atoms with Gasteiger partial charge in [0.2, 0.25) is 5.89 Å². The van der Waals surface area contributed by atoms with Gasteiger partial charge in [0.1, 0.15) is 5.75 Å². The zero-order valence-corrected chi connectivity index (χ0v) is 13.5. The number of hydrogen-bond acceptors (Lipinski definition) is 5. The van der Waals surface area contributed by atoms with Gasteiger partial charge in [-0.25, -0.2) is 0 Å². The molecule has 1 fully saturated rings. The molecule has 0 unspecified atom stereocenters. The van der Waals surface area contributed by atoms with Gasteiger partial charge in [0.25, 0.3) is 0 Å². The summed E-state index contributed by atoms with van der Waals surface area (Å²) in [5, 5.41) is 3.88. The van der Waals surface area contributed by atoms with E-state index in [9.17, 15) is 13.2 Å². The molecule has 2 aromatic rings. The number of aryl methyl sites for hydroxylation is 2. The van der Waals surface area contributed by atoms with Crippen molar-refractivity contribution in [3.63, 3.8) is 0 Å². The Kier molecular flexibility index (Phi) is 5.39. The van der Waals surface area contributed by atoms with Gasteiger partial charge in [0.05, 0.1) is 5.54 Å². The fourth-order valence-corrected chi connectivity index (χ4v) is 2.52. The number of ether oxygens (including phenoxy) is 1. The van der Waals surface area contributed by atoms with E-state index in [1.807, 2.05) is 0 Å². The molecule has 1 saturated carbocycles. The minimum Gasteiger partial charge on any atom is -0.406 e. The maximum atomic E-state index is 12.4. The molecular formula is C15H17ClF3N3O2. The van der Waals surface area contributed by atoms with Gasteiger partial charge in [0.15, 0.2) is 5.82 Å². The van der Waals surface area contributed by atoms with Crippen molar-refractivity contribution in [3.8, 4) is 5.75 Å². The Hall–Kier alpha value is -1.80. The largest absolute Gasteiger partial charge is 0.573 e. The summed E-state index contributed by atoms with van der Waals surface area (Å²) in [5.74, 6) is 0.617. The lowest BCUT2D eigenvalue weighted by atomic mass is 9.77. The zero-order chi connectivity index (χ0) is 16.5. The minimum atomic E-state index is -4.72. The lowest BCUT2D eigenvalue weighted by molar-refractivity contribution is -0.274. The predicted molar refractivity (Wildman–Crippen MR) is 81.8 cm³/mol. The van der Waals surface area contributed by atoms with Crippen LogP contribution in [0.1, 0.15) is 36.5 Å². The molecule has 132 valence electrons. The van der Waals surface area contributed by atoms with E-state index in [2.05, 4.69) is 14.9 Å². The van der Waals surface area contributed by atoms with Gasteiger partial charge in [-0.15, -0.1) is 25.6 Å². The molecule has 0 aliphatic heterocycles. The van der Waals surface area contributed by atoms with E-state index < -0.39 is 11.9 Å². The number of halogens is 4. The minimum absolute atomic E-state index is 0. The smallest absolute Gasteiger partial charge is 0.406 e. The molecule has 0 saturated heterocycles. The van der Waals surface area contributed by atoms with Crippen LogP contribution in [0.15, 0.2) is 28.8 Å². The number of benzene rings is 1. The lowest BCUT2D eigenvalue weighted by Crippen LogP contribution is -2.44. The van der Waals surface area contributed by atoms with Crippen molar-refractivity contribution in [1.29, 1.82) is 0 Å². The normalized spacial score (nSPS) is 16.2. The van der Waals surface area contributed by atoms with Crippen LogP contribution in [0, 0.1) is 0 Å². The van der Waals surface area contributed by atoms with E-state index in [0.29, 0.717) is 30.1 Å². The van der Waals surface area contributed by atoms with E-state index >= 15 is 0 Å². The molecular weight excluding hydrogens is 347 g/mol. The van der Waals surface area contributed by atoms with E-state index in [1.165, 1.54) is 12.1 Å². The van der Waals surface area contributed by atoms with Gasteiger partial charge < -0.3 is 15.0 Å². The van der Waals surface area contributed by atoms with Crippen molar-refractivity contribution < 1.29 is 22.4 Å². The fraction of sp³-hybridized carbons (Fsp3) is 0.467. The number of nitrogens with zero attached hydrogens (tertiary/aromatic N) is 2. The van der Waals surface area contributed by atoms with E-state index in [1.54, 1.807) is 12.1 Å². The number of nitrogens with two attached hydrogens (primary N) is 1. The second-order valence-electron chi connectivity index (χ2n) is 5.68. The van der Waals surface area contributed by atoms with Gasteiger partial charge in [0, 0.05) is 6.42 Å². The summed E-state index contributed by atoms with van der Waals surface area (Å²) < 4.78 is 46.3. The maximum Gasteiger partial charge on any atom is 0.573 e. The quantitative estimate of drug-likeness (QED) is 0.879. The van der Waals surface area contributed by atoms with E-state index in [4.69, 9.17) is 10.3 Å². The first-order chi connectivity index (χ1) is 10.9. The van der Waals surface area contributed by atoms with Crippen LogP contribution in [0.25, 0.3) is 0 Å². The third kappa shape index (κ3) is 4.18. The average Bonchev–Trinajstić information content (AvgIpc) is 2.91. The molecule has 1 heterocycles. The molecule has 24 heavy (non-hydrogen) atoms. The van der Waals surface area contributed by atoms with Crippen LogP contribution >= 0.6 is 12.4 Å². The van der Waals surface area contributed by atoms with Crippen LogP contribution < -0.4 is 10.5 Å². The Bertz CT molecular complexity index is 687. The van der Waals surface area contributed by atoms with Crippen molar-refractivity contribution in [2.24, 2.45) is 5.73 Å². The van der Waals surface area contributed by atoms with Crippen molar-refractivity contribution in [3.05, 3.63) is 41.5 Å². The van der Waals surface area contributed by atoms with Crippen LogP contribution in [-0.4, -0.2) is 16.5 Å². The zero-order valence-electron chi connectivity index (χ0n) is 12.7. The molecule has 3 rings (SSSR count). The molecule has 0 radical (unpaired) electrons. The summed E-state index contributed by atoms with van der Waals surface area (Å²) in [6, 6.07) is 6.01. The van der Waals surface area contributed by atoms with Crippen molar-refractivity contribution >= 4 is 12.4 Å². The molecule has 1 aromatic heterocycles. The Morgan fingerprint density at radius 3 is 2.54 bits per heavy atom. The first-order valence-electron chi connectivity index (χ1n) is 7.31. The van der Waals surface area contributed by atoms with Gasteiger partial charge in [-0.1, -0.05) is 23.4 Å². The Balaban J connectivity index is 0.00000208. The van der Waals surface area contributed by atoms with Crippen LogP contribution in [0.2, 0.25) is 0 Å². The van der Waals surface area contributed by atoms with Gasteiger partial charge in [-0.2, -0.15) is 4.98 Å². The summed E-state index contributed by atoms with van der Waals surface area (Å²) in [6.45, 7) is 0. The van der Waals surface area contributed by atoms with Crippen LogP contribution in [-0.2, 0) is 18.4 Å². The number of alkyl halides is 3. The number of aromatic nitrogens is 2. The van der Waals surface area contributed by atoms with Crippen LogP contribution in [0.3, 0.4) is 0 Å². The summed E-state index contributed by atoms with van der Waals surface area (Å²) in [5.41, 5.74) is 6.02.